The van der Waals surface area contributed by atoms with Crippen LogP contribution in [0, 0.1) is 23.2 Å². The third kappa shape index (κ3) is 5.29. The second kappa shape index (κ2) is 9.30. The van der Waals surface area contributed by atoms with Gasteiger partial charge in [-0.15, -0.1) is 0 Å². The number of allylic oxidation sites excluding steroid dienone is 3. The summed E-state index contributed by atoms with van der Waals surface area (Å²) >= 11 is 0. The summed E-state index contributed by atoms with van der Waals surface area (Å²) in [6, 6.07) is 0. The Balaban J connectivity index is 1.70. The van der Waals surface area contributed by atoms with Crippen LogP contribution >= 0.6 is 0 Å². The van der Waals surface area contributed by atoms with E-state index in [1.165, 1.54) is 38.5 Å². The molecule has 2 unspecified atom stereocenters. The van der Waals surface area contributed by atoms with E-state index in [-0.39, 0.29) is 0 Å². The van der Waals surface area contributed by atoms with Crippen LogP contribution in [0.1, 0.15) is 91.9 Å². The largest absolute Gasteiger partial charge is 0.393 e. The zero-order chi connectivity index (χ0) is 22.1. The number of rotatable bonds is 6. The van der Waals surface area contributed by atoms with Crippen molar-refractivity contribution in [2.45, 2.75) is 110 Å². The molecule has 3 aliphatic carbocycles. The van der Waals surface area contributed by atoms with Crippen molar-refractivity contribution in [2.24, 2.45) is 23.2 Å². The highest BCUT2D eigenvalue weighted by molar-refractivity contribution is 5.38. The molecule has 0 heterocycles. The van der Waals surface area contributed by atoms with Crippen molar-refractivity contribution >= 4 is 0 Å². The Morgan fingerprint density at radius 3 is 2.67 bits per heavy atom. The van der Waals surface area contributed by atoms with E-state index in [0.29, 0.717) is 30.1 Å². The molecular formula is C27H44O3. The minimum atomic E-state index is -0.615. The Hall–Kier alpha value is -0.900. The Bertz CT molecular complexity index is 683. The fourth-order valence-electron chi connectivity index (χ4n) is 6.74. The molecule has 3 heteroatoms. The lowest BCUT2D eigenvalue weighted by molar-refractivity contribution is 0.0596. The van der Waals surface area contributed by atoms with E-state index in [9.17, 15) is 15.3 Å². The minimum absolute atomic E-state index is 0.374. The van der Waals surface area contributed by atoms with Crippen molar-refractivity contribution in [2.75, 3.05) is 0 Å². The molecule has 0 amide bonds. The Morgan fingerprint density at radius 2 is 1.97 bits per heavy atom. The molecule has 0 aliphatic heterocycles. The molecule has 30 heavy (non-hydrogen) atoms. The molecule has 3 N–H and O–H groups in total. The van der Waals surface area contributed by atoms with E-state index in [2.05, 4.69) is 32.6 Å². The molecule has 0 spiro atoms. The maximum Gasteiger partial charge on any atom is 0.0811 e. The molecule has 0 radical (unpaired) electrons. The zero-order valence-electron chi connectivity index (χ0n) is 19.7. The van der Waals surface area contributed by atoms with Gasteiger partial charge in [0.1, 0.15) is 0 Å². The summed E-state index contributed by atoms with van der Waals surface area (Å²) < 4.78 is 0. The van der Waals surface area contributed by atoms with Crippen molar-refractivity contribution < 1.29 is 15.3 Å². The van der Waals surface area contributed by atoms with Crippen LogP contribution in [0.5, 0.6) is 0 Å². The highest BCUT2D eigenvalue weighted by atomic mass is 16.3. The monoisotopic (exact) mass is 416 g/mol. The maximum atomic E-state index is 10.1. The van der Waals surface area contributed by atoms with Crippen LogP contribution < -0.4 is 0 Å². The van der Waals surface area contributed by atoms with Crippen molar-refractivity contribution in [1.82, 2.24) is 0 Å². The smallest absolute Gasteiger partial charge is 0.0811 e. The predicted octanol–water partition coefficient (Wildman–Crippen LogP) is 5.70. The fraction of sp³-hybridized carbons (Fsp3) is 0.778. The Labute approximate surface area is 184 Å². The molecule has 3 saturated carbocycles. The van der Waals surface area contributed by atoms with E-state index in [1.807, 2.05) is 13.8 Å². The first kappa shape index (κ1) is 23.8. The van der Waals surface area contributed by atoms with Crippen molar-refractivity contribution in [3.8, 4) is 0 Å². The third-order valence-corrected chi connectivity index (χ3v) is 8.44. The van der Waals surface area contributed by atoms with Crippen LogP contribution in [-0.2, 0) is 0 Å². The Morgan fingerprint density at radius 1 is 1.23 bits per heavy atom. The van der Waals surface area contributed by atoms with E-state index in [0.717, 1.165) is 29.9 Å². The lowest BCUT2D eigenvalue weighted by atomic mass is 9.60. The lowest BCUT2D eigenvalue weighted by Gasteiger charge is -2.44. The number of hydrogen-bond donors (Lipinski definition) is 3. The minimum Gasteiger partial charge on any atom is -0.393 e. The molecule has 0 bridgehead atoms. The van der Waals surface area contributed by atoms with Gasteiger partial charge in [-0.3, -0.25) is 0 Å². The fourth-order valence-corrected chi connectivity index (χ4v) is 6.74. The van der Waals surface area contributed by atoms with Crippen LogP contribution in [-0.4, -0.2) is 33.1 Å². The van der Waals surface area contributed by atoms with Crippen LogP contribution in [0.4, 0.5) is 0 Å². The van der Waals surface area contributed by atoms with E-state index >= 15 is 0 Å². The van der Waals surface area contributed by atoms with Gasteiger partial charge in [-0.05, 0) is 93.1 Å². The van der Waals surface area contributed by atoms with Gasteiger partial charge in [-0.25, -0.2) is 0 Å². The lowest BCUT2D eigenvalue weighted by Crippen LogP contribution is -2.36. The first-order valence-electron chi connectivity index (χ1n) is 12.2. The van der Waals surface area contributed by atoms with E-state index in [4.69, 9.17) is 0 Å². The average Bonchev–Trinajstić information content (AvgIpc) is 3.00. The zero-order valence-corrected chi connectivity index (χ0v) is 19.7. The maximum absolute atomic E-state index is 10.1. The molecule has 170 valence electrons. The SMILES string of the molecule is C=C1/C(=C/C=C2\CCC[C@]3(C)[C@@H]([C@H](C)CCCC(C)(C)O)CC[C@@H]23)CC(O)CC1O. The predicted molar refractivity (Wildman–Crippen MR) is 124 cm³/mol. The van der Waals surface area contributed by atoms with Gasteiger partial charge >= 0.3 is 0 Å². The van der Waals surface area contributed by atoms with Crippen molar-refractivity contribution in [3.05, 3.63) is 35.5 Å². The number of aliphatic hydroxyl groups is 3. The van der Waals surface area contributed by atoms with Gasteiger partial charge in [-0.2, -0.15) is 0 Å². The molecule has 0 aromatic rings. The summed E-state index contributed by atoms with van der Waals surface area (Å²) in [5, 5.41) is 30.2. The van der Waals surface area contributed by atoms with Gasteiger partial charge in [-0.1, -0.05) is 51.0 Å². The van der Waals surface area contributed by atoms with Crippen molar-refractivity contribution in [3.63, 3.8) is 0 Å². The topological polar surface area (TPSA) is 60.7 Å². The average molecular weight is 417 g/mol. The van der Waals surface area contributed by atoms with Crippen molar-refractivity contribution in [1.29, 1.82) is 0 Å². The van der Waals surface area contributed by atoms with Gasteiger partial charge in [0.2, 0.25) is 0 Å². The normalized spacial score (nSPS) is 38.8. The van der Waals surface area contributed by atoms with Gasteiger partial charge in [0, 0.05) is 6.42 Å². The summed E-state index contributed by atoms with van der Waals surface area (Å²) in [5.41, 5.74) is 3.17. The molecule has 3 rings (SSSR count). The first-order valence-corrected chi connectivity index (χ1v) is 12.2. The molecule has 0 saturated heterocycles. The molecule has 0 aromatic heterocycles. The second-order valence-corrected chi connectivity index (χ2v) is 11.3. The van der Waals surface area contributed by atoms with Crippen LogP contribution in [0.25, 0.3) is 0 Å². The van der Waals surface area contributed by atoms with Gasteiger partial charge < -0.3 is 15.3 Å². The second-order valence-electron chi connectivity index (χ2n) is 11.3. The van der Waals surface area contributed by atoms with Crippen LogP contribution in [0.15, 0.2) is 35.5 Å². The number of aliphatic hydroxyl groups excluding tert-OH is 2. The molecule has 6 atom stereocenters. The Kier molecular flexibility index (Phi) is 7.37. The van der Waals surface area contributed by atoms with Gasteiger partial charge in [0.05, 0.1) is 17.8 Å². The summed E-state index contributed by atoms with van der Waals surface area (Å²) in [6.07, 6.45) is 13.9. The summed E-state index contributed by atoms with van der Waals surface area (Å²) in [6.45, 7) is 12.8. The van der Waals surface area contributed by atoms with Crippen LogP contribution in [0.3, 0.4) is 0 Å². The number of hydrogen-bond acceptors (Lipinski definition) is 3. The molecule has 3 fully saturated rings. The first-order chi connectivity index (χ1) is 14.0. The summed E-state index contributed by atoms with van der Waals surface area (Å²) in [4.78, 5) is 0. The molecule has 3 aliphatic rings. The molecule has 0 aromatic carbocycles. The highest BCUT2D eigenvalue weighted by Crippen LogP contribution is 2.60. The van der Waals surface area contributed by atoms with Crippen LogP contribution in [0.2, 0.25) is 0 Å². The molecule has 3 nitrogen and oxygen atoms in total. The summed E-state index contributed by atoms with van der Waals surface area (Å²) in [5.74, 6) is 2.11. The molecular weight excluding hydrogens is 372 g/mol. The summed E-state index contributed by atoms with van der Waals surface area (Å²) in [7, 11) is 0. The number of fused-ring (bicyclic) bond motifs is 1. The quantitative estimate of drug-likeness (QED) is 0.520. The highest BCUT2D eigenvalue weighted by Gasteiger charge is 2.50. The van der Waals surface area contributed by atoms with Gasteiger partial charge in [0.15, 0.2) is 0 Å². The van der Waals surface area contributed by atoms with Gasteiger partial charge in [0.25, 0.3) is 0 Å². The third-order valence-electron chi connectivity index (χ3n) is 8.44. The van der Waals surface area contributed by atoms with E-state index in [1.54, 1.807) is 5.57 Å². The standard InChI is InChI=1S/C27H44O3/c1-18(8-6-14-26(3,4)30)23-12-13-24-20(9-7-15-27(23,24)5)10-11-21-16-22(28)17-25(29)19(21)2/h10-11,18,22-25,28-30H,2,6-9,12-17H2,1,3-5H3/b20-10+,21-11+/t18-,22?,23-,24+,25?,27-/m1/s1. The van der Waals surface area contributed by atoms with E-state index < -0.39 is 17.8 Å².